The lowest BCUT2D eigenvalue weighted by atomic mass is 10.2. The van der Waals surface area contributed by atoms with E-state index in [4.69, 9.17) is 11.8 Å². The molecule has 0 aliphatic heterocycles. The largest absolute Gasteiger partial charge is 0.477 e. The molecule has 4 aromatic rings. The number of fused-ring (bicyclic) bond motifs is 1. The molecule has 0 saturated heterocycles. The van der Waals surface area contributed by atoms with Crippen molar-refractivity contribution in [1.82, 2.24) is 19.9 Å². The molecule has 0 saturated carbocycles. The number of aromatic nitrogens is 3. The summed E-state index contributed by atoms with van der Waals surface area (Å²) in [6.45, 7) is -0.237. The van der Waals surface area contributed by atoms with Crippen molar-refractivity contribution in [3.8, 4) is 0 Å². The highest BCUT2D eigenvalue weighted by molar-refractivity contribution is 7.94. The first kappa shape index (κ1) is 24.0. The lowest BCUT2D eigenvalue weighted by Gasteiger charge is -2.15. The number of carbonyl (C=O) groups excluding carboxylic acids is 1. The third-order valence-electron chi connectivity index (χ3n) is 4.78. The van der Waals surface area contributed by atoms with Gasteiger partial charge in [0.15, 0.2) is 27.9 Å². The number of hydrogen-bond donors (Lipinski definition) is 2. The summed E-state index contributed by atoms with van der Waals surface area (Å²) in [4.78, 5) is 27.9. The first-order valence-corrected chi connectivity index (χ1v) is 11.5. The van der Waals surface area contributed by atoms with Crippen molar-refractivity contribution in [2.24, 2.45) is 0 Å². The quantitative estimate of drug-likeness (QED) is 0.357. The molecular weight excluding hydrogens is 508 g/mol. The lowest BCUT2D eigenvalue weighted by molar-refractivity contribution is 0.0687. The minimum absolute atomic E-state index is 0.104. The number of carbonyl (C=O) groups is 2. The summed E-state index contributed by atoms with van der Waals surface area (Å²) < 4.78 is 54.0. The monoisotopic (exact) mass is 521 g/mol. The van der Waals surface area contributed by atoms with Crippen LogP contribution in [0.15, 0.2) is 65.7 Å². The zero-order valence-electron chi connectivity index (χ0n) is 17.4. The van der Waals surface area contributed by atoms with E-state index in [2.05, 4.69) is 15.4 Å². The van der Waals surface area contributed by atoms with E-state index in [0.717, 1.165) is 28.9 Å². The third-order valence-corrected chi connectivity index (χ3v) is 6.99. The smallest absolute Gasteiger partial charge is 0.354 e. The Kier molecular flexibility index (Phi) is 6.37. The van der Waals surface area contributed by atoms with E-state index in [0.29, 0.717) is 3.82 Å². The van der Waals surface area contributed by atoms with Crippen LogP contribution in [0.4, 0.5) is 14.5 Å². The minimum Gasteiger partial charge on any atom is -0.477 e. The molecule has 2 heterocycles. The second-order valence-corrected chi connectivity index (χ2v) is 9.36. The Labute approximate surface area is 201 Å². The molecule has 0 aliphatic rings. The number of sulfonamides is 1. The molecule has 10 nitrogen and oxygen atoms in total. The van der Waals surface area contributed by atoms with E-state index in [1.807, 2.05) is 0 Å². The number of halogens is 3. The normalized spacial score (nSPS) is 11.4. The van der Waals surface area contributed by atoms with Crippen molar-refractivity contribution in [2.45, 2.75) is 11.4 Å². The van der Waals surface area contributed by atoms with Gasteiger partial charge in [0.05, 0.1) is 11.9 Å². The first-order chi connectivity index (χ1) is 16.6. The first-order valence-electron chi connectivity index (χ1n) is 9.70. The molecule has 2 N–H and O–H groups in total. The SMILES string of the molecule is O=C(NCc1ccc(F)c(F)c1)c1cc(C(=O)O)n2ncc(S(=O)(=O)N(Cl)c3ccccc3)c2n1. The van der Waals surface area contributed by atoms with Crippen molar-refractivity contribution in [3.05, 3.63) is 89.4 Å². The van der Waals surface area contributed by atoms with Crippen LogP contribution in [0.3, 0.4) is 0 Å². The Morgan fingerprint density at radius 2 is 1.80 bits per heavy atom. The van der Waals surface area contributed by atoms with Crippen molar-refractivity contribution >= 4 is 45.0 Å². The number of carboxylic acid groups (broad SMARTS) is 1. The fourth-order valence-electron chi connectivity index (χ4n) is 3.09. The highest BCUT2D eigenvalue weighted by Crippen LogP contribution is 2.28. The summed E-state index contributed by atoms with van der Waals surface area (Å²) in [5, 5.41) is 15.8. The Bertz CT molecular complexity index is 1560. The van der Waals surface area contributed by atoms with Crippen LogP contribution in [0.5, 0.6) is 0 Å². The number of nitrogens with one attached hydrogen (secondary N) is 1. The molecule has 4 rings (SSSR count). The molecule has 0 bridgehead atoms. The van der Waals surface area contributed by atoms with Crippen molar-refractivity contribution in [2.75, 3.05) is 3.82 Å². The van der Waals surface area contributed by atoms with E-state index >= 15 is 0 Å². The van der Waals surface area contributed by atoms with Crippen LogP contribution < -0.4 is 9.14 Å². The standard InChI is InChI=1S/C21H14ClF2N5O5S/c22-29(13-4-2-1-3-5-13)35(33,34)18-11-26-28-17(21(31)32)9-16(27-19(18)28)20(30)25-10-12-6-7-14(23)15(24)8-12/h1-9,11H,10H2,(H,25,30)(H,31,32). The molecule has 2 aromatic carbocycles. The second kappa shape index (κ2) is 9.27. The number of anilines is 1. The molecule has 0 unspecified atom stereocenters. The maximum absolute atomic E-state index is 13.4. The van der Waals surface area contributed by atoms with Crippen LogP contribution >= 0.6 is 11.8 Å². The van der Waals surface area contributed by atoms with Gasteiger partial charge in [-0.2, -0.15) is 17.3 Å². The highest BCUT2D eigenvalue weighted by Gasteiger charge is 2.30. The van der Waals surface area contributed by atoms with E-state index in [1.54, 1.807) is 18.2 Å². The average molecular weight is 522 g/mol. The Morgan fingerprint density at radius 3 is 2.46 bits per heavy atom. The number of benzene rings is 2. The van der Waals surface area contributed by atoms with Crippen LogP contribution in [0, 0.1) is 11.6 Å². The van der Waals surface area contributed by atoms with Gasteiger partial charge in [-0.25, -0.2) is 23.1 Å². The van der Waals surface area contributed by atoms with Crippen LogP contribution in [0.2, 0.25) is 0 Å². The van der Waals surface area contributed by atoms with Gasteiger partial charge in [0, 0.05) is 24.4 Å². The zero-order valence-corrected chi connectivity index (χ0v) is 19.0. The number of rotatable bonds is 7. The molecule has 0 spiro atoms. The molecule has 180 valence electrons. The van der Waals surface area contributed by atoms with Crippen molar-refractivity contribution in [1.29, 1.82) is 0 Å². The van der Waals surface area contributed by atoms with Crippen LogP contribution in [-0.4, -0.2) is 40.0 Å². The molecule has 0 radical (unpaired) electrons. The van der Waals surface area contributed by atoms with E-state index < -0.39 is 55.5 Å². The minimum atomic E-state index is -4.47. The van der Waals surface area contributed by atoms with E-state index in [-0.39, 0.29) is 17.8 Å². The number of para-hydroxylation sites is 1. The number of amides is 1. The molecule has 14 heteroatoms. The maximum atomic E-state index is 13.4. The molecule has 35 heavy (non-hydrogen) atoms. The maximum Gasteiger partial charge on any atom is 0.354 e. The number of aromatic carboxylic acids is 1. The van der Waals surface area contributed by atoms with E-state index in [1.165, 1.54) is 18.2 Å². The molecule has 1 amide bonds. The van der Waals surface area contributed by atoms with Gasteiger partial charge in [-0.3, -0.25) is 4.79 Å². The number of carboxylic acids is 1. The van der Waals surface area contributed by atoms with Gasteiger partial charge < -0.3 is 10.4 Å². The topological polar surface area (TPSA) is 134 Å². The fourth-order valence-corrected chi connectivity index (χ4v) is 4.54. The van der Waals surface area contributed by atoms with Gasteiger partial charge in [0.25, 0.3) is 15.9 Å². The summed E-state index contributed by atoms with van der Waals surface area (Å²) in [5.41, 5.74) is -1.12. The Morgan fingerprint density at radius 1 is 1.09 bits per heavy atom. The van der Waals surface area contributed by atoms with Gasteiger partial charge in [0.2, 0.25) is 0 Å². The van der Waals surface area contributed by atoms with E-state index in [9.17, 15) is 31.9 Å². The predicted octanol–water partition coefficient (Wildman–Crippen LogP) is 2.98. The second-order valence-electron chi connectivity index (χ2n) is 7.06. The van der Waals surface area contributed by atoms with Gasteiger partial charge in [0.1, 0.15) is 5.69 Å². The summed E-state index contributed by atoms with van der Waals surface area (Å²) in [5.74, 6) is -4.57. The average Bonchev–Trinajstić information content (AvgIpc) is 3.28. The molecular formula is C21H14ClF2N5O5S. The summed E-state index contributed by atoms with van der Waals surface area (Å²) in [6.07, 6.45) is 0.866. The molecule has 0 fully saturated rings. The summed E-state index contributed by atoms with van der Waals surface area (Å²) >= 11 is 6.06. The van der Waals surface area contributed by atoms with Crippen molar-refractivity contribution < 1.29 is 31.9 Å². The lowest BCUT2D eigenvalue weighted by Crippen LogP contribution is -2.26. The van der Waals surface area contributed by atoms with Gasteiger partial charge in [-0.05, 0) is 29.8 Å². The Balaban J connectivity index is 1.73. The summed E-state index contributed by atoms with van der Waals surface area (Å²) in [6, 6.07) is 11.6. The third kappa shape index (κ3) is 4.63. The molecule has 2 aromatic heterocycles. The Hall–Kier alpha value is -4.10. The fraction of sp³-hybridized carbons (Fsp3) is 0.0476. The predicted molar refractivity (Wildman–Crippen MR) is 119 cm³/mol. The van der Waals surface area contributed by atoms with Crippen LogP contribution in [0.25, 0.3) is 5.65 Å². The number of hydrogen-bond acceptors (Lipinski definition) is 6. The molecule has 0 aliphatic carbocycles. The number of nitrogens with zero attached hydrogens (tertiary/aromatic N) is 4. The molecule has 0 atom stereocenters. The van der Waals surface area contributed by atoms with Gasteiger partial charge in [-0.15, -0.1) is 0 Å². The van der Waals surface area contributed by atoms with Gasteiger partial charge in [-0.1, -0.05) is 24.3 Å². The van der Waals surface area contributed by atoms with Crippen LogP contribution in [0.1, 0.15) is 26.5 Å². The van der Waals surface area contributed by atoms with Crippen molar-refractivity contribution in [3.63, 3.8) is 0 Å². The highest BCUT2D eigenvalue weighted by atomic mass is 35.5. The zero-order chi connectivity index (χ0) is 25.3. The van der Waals surface area contributed by atoms with Crippen LogP contribution in [-0.2, 0) is 16.6 Å². The summed E-state index contributed by atoms with van der Waals surface area (Å²) in [7, 11) is -4.47. The van der Waals surface area contributed by atoms with Gasteiger partial charge >= 0.3 is 5.97 Å².